The Morgan fingerprint density at radius 3 is 2.26 bits per heavy atom. The molecule has 0 radical (unpaired) electrons. The van der Waals surface area contributed by atoms with Gasteiger partial charge < -0.3 is 11.1 Å². The van der Waals surface area contributed by atoms with E-state index in [1.165, 1.54) is 0 Å². The topological polar surface area (TPSA) is 61.6 Å². The fourth-order valence-electron chi connectivity index (χ4n) is 3.18. The number of carbonyl (C=O) groups excluding carboxylic acids is 1. The van der Waals surface area contributed by atoms with Crippen LogP contribution in [0.25, 0.3) is 0 Å². The first-order chi connectivity index (χ1) is 8.99. The number of nitrogens with one attached hydrogen (secondary N) is 1. The summed E-state index contributed by atoms with van der Waals surface area (Å²) in [5.41, 5.74) is 5.16. The van der Waals surface area contributed by atoms with Gasteiger partial charge in [-0.3, -0.25) is 14.6 Å². The van der Waals surface area contributed by atoms with Gasteiger partial charge in [-0.2, -0.15) is 0 Å². The highest BCUT2D eigenvalue weighted by molar-refractivity contribution is 5.86. The Morgan fingerprint density at radius 2 is 1.89 bits per heavy atom. The Kier molecular flexibility index (Phi) is 4.48. The van der Waals surface area contributed by atoms with Crippen LogP contribution in [0.1, 0.15) is 26.7 Å². The van der Waals surface area contributed by atoms with Crippen LogP contribution in [-0.2, 0) is 4.79 Å². The molecule has 1 heterocycles. The van der Waals surface area contributed by atoms with E-state index in [0.717, 1.165) is 45.6 Å². The maximum Gasteiger partial charge on any atom is 0.239 e. The lowest BCUT2D eigenvalue weighted by Crippen LogP contribution is -2.64. The second-order valence-electron chi connectivity index (χ2n) is 6.27. The fraction of sp³-hybridized carbons (Fsp3) is 0.929. The van der Waals surface area contributed by atoms with Crippen molar-refractivity contribution in [3.8, 4) is 0 Å². The number of nitrogens with zero attached hydrogens (tertiary/aromatic N) is 2. The summed E-state index contributed by atoms with van der Waals surface area (Å²) in [6.45, 7) is 9.46. The molecule has 0 bridgehead atoms. The van der Waals surface area contributed by atoms with E-state index in [4.69, 9.17) is 5.73 Å². The zero-order valence-corrected chi connectivity index (χ0v) is 12.5. The molecule has 1 amide bonds. The summed E-state index contributed by atoms with van der Waals surface area (Å²) in [5, 5.41) is 3.23. The third kappa shape index (κ3) is 3.09. The smallest absolute Gasteiger partial charge is 0.239 e. The second-order valence-corrected chi connectivity index (χ2v) is 6.27. The van der Waals surface area contributed by atoms with Crippen molar-refractivity contribution >= 4 is 5.91 Å². The predicted molar refractivity (Wildman–Crippen MR) is 76.9 cm³/mol. The molecule has 0 aromatic carbocycles. The molecule has 0 aromatic rings. The second kappa shape index (κ2) is 5.77. The summed E-state index contributed by atoms with van der Waals surface area (Å²) in [4.78, 5) is 16.8. The van der Waals surface area contributed by atoms with Crippen molar-refractivity contribution in [2.45, 2.75) is 38.3 Å². The minimum Gasteiger partial charge on any atom is -0.368 e. The predicted octanol–water partition coefficient (Wildman–Crippen LogP) is -0.134. The van der Waals surface area contributed by atoms with Gasteiger partial charge in [-0.25, -0.2) is 0 Å². The van der Waals surface area contributed by atoms with Gasteiger partial charge in [-0.1, -0.05) is 0 Å². The normalized spacial score (nSPS) is 25.5. The third-order valence-electron chi connectivity index (χ3n) is 4.77. The SMILES string of the molecule is CNC(CN1CCN(C(C)C)CC1)(C(N)=O)C1CC1. The highest BCUT2D eigenvalue weighted by Crippen LogP contribution is 2.40. The van der Waals surface area contributed by atoms with Crippen LogP contribution in [-0.4, -0.2) is 67.1 Å². The van der Waals surface area contributed by atoms with Crippen LogP contribution in [0.3, 0.4) is 0 Å². The molecule has 5 nitrogen and oxygen atoms in total. The molecule has 1 saturated heterocycles. The fourth-order valence-corrected chi connectivity index (χ4v) is 3.18. The van der Waals surface area contributed by atoms with E-state index in [2.05, 4.69) is 29.0 Å². The van der Waals surface area contributed by atoms with Crippen LogP contribution in [0, 0.1) is 5.92 Å². The first-order valence-corrected chi connectivity index (χ1v) is 7.45. The van der Waals surface area contributed by atoms with Crippen LogP contribution in [0.4, 0.5) is 0 Å². The molecule has 3 N–H and O–H groups in total. The number of hydrogen-bond donors (Lipinski definition) is 2. The maximum absolute atomic E-state index is 11.9. The summed E-state index contributed by atoms with van der Waals surface area (Å²) >= 11 is 0. The number of nitrogens with two attached hydrogens (primary N) is 1. The average molecular weight is 268 g/mol. The van der Waals surface area contributed by atoms with Gasteiger partial charge in [-0.15, -0.1) is 0 Å². The van der Waals surface area contributed by atoms with Gasteiger partial charge in [-0.05, 0) is 39.7 Å². The van der Waals surface area contributed by atoms with Crippen LogP contribution in [0.5, 0.6) is 0 Å². The Hall–Kier alpha value is -0.650. The molecular weight excluding hydrogens is 240 g/mol. The van der Waals surface area contributed by atoms with Gasteiger partial charge in [0.05, 0.1) is 0 Å². The van der Waals surface area contributed by atoms with E-state index in [-0.39, 0.29) is 5.91 Å². The van der Waals surface area contributed by atoms with Crippen LogP contribution >= 0.6 is 0 Å². The molecular formula is C14H28N4O. The van der Waals surface area contributed by atoms with E-state index >= 15 is 0 Å². The van der Waals surface area contributed by atoms with Gasteiger partial charge in [0, 0.05) is 38.8 Å². The number of piperazine rings is 1. The molecule has 1 saturated carbocycles. The summed E-state index contributed by atoms with van der Waals surface area (Å²) < 4.78 is 0. The summed E-state index contributed by atoms with van der Waals surface area (Å²) in [5.74, 6) is 0.238. The van der Waals surface area contributed by atoms with Crippen molar-refractivity contribution in [1.29, 1.82) is 0 Å². The quantitative estimate of drug-likeness (QED) is 0.704. The maximum atomic E-state index is 11.9. The zero-order valence-electron chi connectivity index (χ0n) is 12.5. The summed E-state index contributed by atoms with van der Waals surface area (Å²) in [6, 6.07) is 0.607. The largest absolute Gasteiger partial charge is 0.368 e. The van der Waals surface area contributed by atoms with Crippen molar-refractivity contribution in [1.82, 2.24) is 15.1 Å². The first-order valence-electron chi connectivity index (χ1n) is 7.45. The van der Waals surface area contributed by atoms with E-state index in [0.29, 0.717) is 12.0 Å². The number of primary amides is 1. The molecule has 0 aromatic heterocycles. The van der Waals surface area contributed by atoms with E-state index in [9.17, 15) is 4.79 Å². The Morgan fingerprint density at radius 1 is 1.32 bits per heavy atom. The molecule has 5 heteroatoms. The number of amides is 1. The van der Waals surface area contributed by atoms with Gasteiger partial charge in [0.25, 0.3) is 0 Å². The summed E-state index contributed by atoms with van der Waals surface area (Å²) in [6.07, 6.45) is 2.24. The Balaban J connectivity index is 1.94. The monoisotopic (exact) mass is 268 g/mol. The van der Waals surface area contributed by atoms with Crippen LogP contribution in [0.15, 0.2) is 0 Å². The van der Waals surface area contributed by atoms with Crippen molar-refractivity contribution in [2.24, 2.45) is 11.7 Å². The molecule has 2 fully saturated rings. The molecule has 1 unspecified atom stereocenters. The lowest BCUT2D eigenvalue weighted by atomic mass is 9.91. The highest BCUT2D eigenvalue weighted by atomic mass is 16.1. The van der Waals surface area contributed by atoms with E-state index in [1.54, 1.807) is 0 Å². The molecule has 1 atom stereocenters. The number of likely N-dealkylation sites (N-methyl/N-ethyl adjacent to an activating group) is 1. The lowest BCUT2D eigenvalue weighted by molar-refractivity contribution is -0.126. The van der Waals surface area contributed by atoms with Crippen LogP contribution in [0.2, 0.25) is 0 Å². The van der Waals surface area contributed by atoms with E-state index < -0.39 is 5.54 Å². The summed E-state index contributed by atoms with van der Waals surface area (Å²) in [7, 11) is 1.87. The minimum atomic E-state index is -0.514. The lowest BCUT2D eigenvalue weighted by Gasteiger charge is -2.41. The average Bonchev–Trinajstić information content (AvgIpc) is 3.20. The van der Waals surface area contributed by atoms with Crippen molar-refractivity contribution in [3.63, 3.8) is 0 Å². The first kappa shape index (κ1) is 14.8. The zero-order chi connectivity index (χ0) is 14.0. The Bertz CT molecular complexity index is 321. The van der Waals surface area contributed by atoms with Gasteiger partial charge >= 0.3 is 0 Å². The molecule has 1 aliphatic heterocycles. The number of carbonyl (C=O) groups is 1. The van der Waals surface area contributed by atoms with Crippen molar-refractivity contribution in [2.75, 3.05) is 39.8 Å². The standard InChI is InChI=1S/C14H28N4O/c1-11(2)18-8-6-17(7-9-18)10-14(16-3,13(15)19)12-4-5-12/h11-12,16H,4-10H2,1-3H3,(H2,15,19). The van der Waals surface area contributed by atoms with Gasteiger partial charge in [0.2, 0.25) is 5.91 Å². The molecule has 19 heavy (non-hydrogen) atoms. The molecule has 110 valence electrons. The van der Waals surface area contributed by atoms with Crippen molar-refractivity contribution in [3.05, 3.63) is 0 Å². The highest BCUT2D eigenvalue weighted by Gasteiger charge is 2.49. The van der Waals surface area contributed by atoms with Crippen molar-refractivity contribution < 1.29 is 4.79 Å². The number of hydrogen-bond acceptors (Lipinski definition) is 4. The molecule has 1 aliphatic carbocycles. The molecule has 0 spiro atoms. The van der Waals surface area contributed by atoms with E-state index in [1.807, 2.05) is 7.05 Å². The van der Waals surface area contributed by atoms with Gasteiger partial charge in [0.15, 0.2) is 0 Å². The molecule has 2 rings (SSSR count). The van der Waals surface area contributed by atoms with Gasteiger partial charge in [0.1, 0.15) is 5.54 Å². The number of rotatable bonds is 6. The Labute approximate surface area is 116 Å². The van der Waals surface area contributed by atoms with Crippen LogP contribution < -0.4 is 11.1 Å². The third-order valence-corrected chi connectivity index (χ3v) is 4.77. The minimum absolute atomic E-state index is 0.191. The molecule has 2 aliphatic rings.